The summed E-state index contributed by atoms with van der Waals surface area (Å²) < 4.78 is 0. The average Bonchev–Trinajstić information content (AvgIpc) is 2.65. The normalized spacial score (nSPS) is 15.9. The Morgan fingerprint density at radius 1 is 1.15 bits per heavy atom. The number of benzene rings is 1. The van der Waals surface area contributed by atoms with Gasteiger partial charge in [-0.05, 0) is 32.9 Å². The van der Waals surface area contributed by atoms with Crippen molar-refractivity contribution in [2.24, 2.45) is 0 Å². The van der Waals surface area contributed by atoms with Crippen molar-refractivity contribution in [1.29, 1.82) is 0 Å². The predicted octanol–water partition coefficient (Wildman–Crippen LogP) is 2.16. The van der Waals surface area contributed by atoms with Crippen LogP contribution in [0.25, 0.3) is 0 Å². The minimum atomic E-state index is -0.529. The first kappa shape index (κ1) is 14.0. The molecule has 2 rings (SSSR count). The van der Waals surface area contributed by atoms with Crippen LogP contribution in [-0.2, 0) is 4.79 Å². The smallest absolute Gasteiger partial charge is 0.310 e. The standard InChI is InChI=1S/C13H15N3O4/c1-13(2,3)14-8-11(17)15(12(14)18)9-4-6-10(7-5-9)16(19)20/h4-7H,8H2,1-3H3. The summed E-state index contributed by atoms with van der Waals surface area (Å²) in [6, 6.07) is 4.95. The Hall–Kier alpha value is -2.44. The molecule has 0 aliphatic carbocycles. The molecule has 106 valence electrons. The lowest BCUT2D eigenvalue weighted by atomic mass is 10.1. The molecule has 0 unspecified atom stereocenters. The highest BCUT2D eigenvalue weighted by atomic mass is 16.6. The lowest BCUT2D eigenvalue weighted by Gasteiger charge is -2.30. The number of nitro benzene ring substituents is 1. The van der Waals surface area contributed by atoms with E-state index in [1.165, 1.54) is 29.2 Å². The molecule has 1 fully saturated rings. The van der Waals surface area contributed by atoms with Gasteiger partial charge in [0, 0.05) is 17.7 Å². The number of non-ortho nitro benzene ring substituents is 1. The van der Waals surface area contributed by atoms with Gasteiger partial charge in [-0.3, -0.25) is 14.9 Å². The van der Waals surface area contributed by atoms with Gasteiger partial charge >= 0.3 is 6.03 Å². The quantitative estimate of drug-likeness (QED) is 0.471. The molecule has 1 aliphatic heterocycles. The van der Waals surface area contributed by atoms with E-state index >= 15 is 0 Å². The molecule has 0 radical (unpaired) electrons. The van der Waals surface area contributed by atoms with Gasteiger partial charge in [0.25, 0.3) is 11.6 Å². The molecule has 1 aromatic rings. The maximum absolute atomic E-state index is 12.3. The minimum absolute atomic E-state index is 0.0132. The lowest BCUT2D eigenvalue weighted by Crippen LogP contribution is -2.44. The van der Waals surface area contributed by atoms with Gasteiger partial charge < -0.3 is 4.90 Å². The van der Waals surface area contributed by atoms with Crippen molar-refractivity contribution in [2.75, 3.05) is 11.4 Å². The Morgan fingerprint density at radius 3 is 2.10 bits per heavy atom. The number of imide groups is 1. The van der Waals surface area contributed by atoms with Crippen LogP contribution in [0.5, 0.6) is 0 Å². The summed E-state index contributed by atoms with van der Waals surface area (Å²) in [4.78, 5) is 36.9. The summed E-state index contributed by atoms with van der Waals surface area (Å²) >= 11 is 0. The first-order valence-electron chi connectivity index (χ1n) is 6.11. The maximum atomic E-state index is 12.3. The van der Waals surface area contributed by atoms with Gasteiger partial charge in [0.05, 0.1) is 10.6 Å². The van der Waals surface area contributed by atoms with E-state index in [0.717, 1.165) is 4.90 Å². The van der Waals surface area contributed by atoms with Crippen molar-refractivity contribution in [3.05, 3.63) is 34.4 Å². The summed E-state index contributed by atoms with van der Waals surface area (Å²) in [5.41, 5.74) is -0.194. The third-order valence-electron chi connectivity index (χ3n) is 3.09. The molecule has 0 aromatic heterocycles. The van der Waals surface area contributed by atoms with Gasteiger partial charge in [-0.25, -0.2) is 9.69 Å². The van der Waals surface area contributed by atoms with E-state index in [1.54, 1.807) is 0 Å². The first-order valence-corrected chi connectivity index (χ1v) is 6.11. The highest BCUT2D eigenvalue weighted by Gasteiger charge is 2.42. The molecule has 7 nitrogen and oxygen atoms in total. The van der Waals surface area contributed by atoms with Gasteiger partial charge in [0.2, 0.25) is 0 Å². The van der Waals surface area contributed by atoms with E-state index in [2.05, 4.69) is 0 Å². The molecule has 0 saturated carbocycles. The molecule has 3 amide bonds. The van der Waals surface area contributed by atoms with Crippen molar-refractivity contribution in [3.63, 3.8) is 0 Å². The topological polar surface area (TPSA) is 83.8 Å². The highest BCUT2D eigenvalue weighted by molar-refractivity contribution is 6.20. The fraction of sp³-hybridized carbons (Fsp3) is 0.385. The highest BCUT2D eigenvalue weighted by Crippen LogP contribution is 2.27. The van der Waals surface area contributed by atoms with Crippen LogP contribution in [0.15, 0.2) is 24.3 Å². The summed E-state index contributed by atoms with van der Waals surface area (Å²) in [7, 11) is 0. The second kappa shape index (κ2) is 4.59. The van der Waals surface area contributed by atoms with E-state index in [1.807, 2.05) is 20.8 Å². The summed E-state index contributed by atoms with van der Waals surface area (Å²) in [6.07, 6.45) is 0. The van der Waals surface area contributed by atoms with E-state index < -0.39 is 16.5 Å². The summed E-state index contributed by atoms with van der Waals surface area (Å²) in [5.74, 6) is -0.334. The number of urea groups is 1. The Kier molecular flexibility index (Phi) is 3.21. The van der Waals surface area contributed by atoms with Gasteiger partial charge in [-0.1, -0.05) is 0 Å². The number of nitro groups is 1. The number of carbonyl (C=O) groups is 2. The maximum Gasteiger partial charge on any atom is 0.332 e. The zero-order chi connectivity index (χ0) is 15.1. The van der Waals surface area contributed by atoms with Crippen molar-refractivity contribution >= 4 is 23.3 Å². The van der Waals surface area contributed by atoms with Crippen LogP contribution in [0, 0.1) is 10.1 Å². The summed E-state index contributed by atoms with van der Waals surface area (Å²) in [6.45, 7) is 5.55. The number of anilines is 1. The average molecular weight is 277 g/mol. The number of amides is 3. The van der Waals surface area contributed by atoms with Crippen molar-refractivity contribution in [3.8, 4) is 0 Å². The van der Waals surface area contributed by atoms with E-state index in [-0.39, 0.29) is 18.1 Å². The molecule has 1 aliphatic rings. The third kappa shape index (κ3) is 2.34. The monoisotopic (exact) mass is 277 g/mol. The zero-order valence-corrected chi connectivity index (χ0v) is 11.5. The number of carbonyl (C=O) groups excluding carboxylic acids is 2. The molecule has 1 aromatic carbocycles. The van der Waals surface area contributed by atoms with Crippen molar-refractivity contribution in [2.45, 2.75) is 26.3 Å². The minimum Gasteiger partial charge on any atom is -0.310 e. The van der Waals surface area contributed by atoms with E-state index in [0.29, 0.717) is 5.69 Å². The Balaban J connectivity index is 2.31. The Morgan fingerprint density at radius 2 is 1.70 bits per heavy atom. The molecular weight excluding hydrogens is 262 g/mol. The van der Waals surface area contributed by atoms with Crippen LogP contribution in [0.1, 0.15) is 20.8 Å². The van der Waals surface area contributed by atoms with E-state index in [4.69, 9.17) is 0 Å². The van der Waals surface area contributed by atoms with Crippen LogP contribution < -0.4 is 4.90 Å². The Labute approximate surface area is 115 Å². The molecule has 0 bridgehead atoms. The van der Waals surface area contributed by atoms with Crippen LogP contribution in [-0.4, -0.2) is 33.8 Å². The van der Waals surface area contributed by atoms with Crippen LogP contribution >= 0.6 is 0 Å². The zero-order valence-electron chi connectivity index (χ0n) is 11.5. The largest absolute Gasteiger partial charge is 0.332 e. The predicted molar refractivity (Wildman–Crippen MR) is 72.4 cm³/mol. The van der Waals surface area contributed by atoms with E-state index in [9.17, 15) is 19.7 Å². The van der Waals surface area contributed by atoms with Gasteiger partial charge in [0.15, 0.2) is 0 Å². The molecule has 0 spiro atoms. The lowest BCUT2D eigenvalue weighted by molar-refractivity contribution is -0.384. The fourth-order valence-electron chi connectivity index (χ4n) is 2.00. The SMILES string of the molecule is CC(C)(C)N1CC(=O)N(c2ccc([N+](=O)[O-])cc2)C1=O. The number of hydrogen-bond acceptors (Lipinski definition) is 4. The molecular formula is C13H15N3O4. The second-order valence-electron chi connectivity index (χ2n) is 5.54. The molecule has 7 heteroatoms. The summed E-state index contributed by atoms with van der Waals surface area (Å²) in [5, 5.41) is 10.6. The number of rotatable bonds is 2. The van der Waals surface area contributed by atoms with Crippen LogP contribution in [0.3, 0.4) is 0 Å². The van der Waals surface area contributed by atoms with Crippen molar-refractivity contribution in [1.82, 2.24) is 4.90 Å². The molecule has 1 saturated heterocycles. The molecule has 1 heterocycles. The van der Waals surface area contributed by atoms with Crippen LogP contribution in [0.4, 0.5) is 16.2 Å². The second-order valence-corrected chi connectivity index (χ2v) is 5.54. The molecule has 20 heavy (non-hydrogen) atoms. The Bertz CT molecular complexity index is 574. The third-order valence-corrected chi connectivity index (χ3v) is 3.09. The molecule has 0 atom stereocenters. The van der Waals surface area contributed by atoms with Gasteiger partial charge in [-0.2, -0.15) is 0 Å². The number of nitrogens with zero attached hydrogens (tertiary/aromatic N) is 3. The van der Waals surface area contributed by atoms with Crippen molar-refractivity contribution < 1.29 is 14.5 Å². The van der Waals surface area contributed by atoms with Crippen LogP contribution in [0.2, 0.25) is 0 Å². The first-order chi connectivity index (χ1) is 9.21. The number of hydrogen-bond donors (Lipinski definition) is 0. The molecule has 0 N–H and O–H groups in total. The van der Waals surface area contributed by atoms with Gasteiger partial charge in [-0.15, -0.1) is 0 Å². The fourth-order valence-corrected chi connectivity index (χ4v) is 2.00. The van der Waals surface area contributed by atoms with Gasteiger partial charge in [0.1, 0.15) is 6.54 Å².